The number of hydrogen-bond donors (Lipinski definition) is 3. The highest BCUT2D eigenvalue weighted by molar-refractivity contribution is 6.35. The van der Waals surface area contributed by atoms with E-state index in [0.29, 0.717) is 31.5 Å². The van der Waals surface area contributed by atoms with Crippen LogP contribution in [0.1, 0.15) is 12.8 Å². The first kappa shape index (κ1) is 13.3. The summed E-state index contributed by atoms with van der Waals surface area (Å²) in [6.07, 6.45) is 3.03. The van der Waals surface area contributed by atoms with Crippen LogP contribution < -0.4 is 5.32 Å². The van der Waals surface area contributed by atoms with E-state index in [-0.39, 0.29) is 0 Å². The van der Waals surface area contributed by atoms with Crippen molar-refractivity contribution in [3.63, 3.8) is 0 Å². The van der Waals surface area contributed by atoms with Gasteiger partial charge in [0.2, 0.25) is 0 Å². The van der Waals surface area contributed by atoms with E-state index in [1.807, 2.05) is 0 Å². The van der Waals surface area contributed by atoms with Crippen molar-refractivity contribution < 1.29 is 10.2 Å². The third kappa shape index (κ3) is 12.3. The molecule has 4 radical (unpaired) electrons. The minimum Gasteiger partial charge on any atom is -0.400 e. The summed E-state index contributed by atoms with van der Waals surface area (Å²) in [5.41, 5.74) is 0. The van der Waals surface area contributed by atoms with Gasteiger partial charge in [-0.3, -0.25) is 0 Å². The summed E-state index contributed by atoms with van der Waals surface area (Å²) in [4.78, 5) is 0. The fourth-order valence-corrected chi connectivity index (χ4v) is 2.13. The summed E-state index contributed by atoms with van der Waals surface area (Å²) in [5.74, 6) is 0. The average Bonchev–Trinajstić information content (AvgIpc) is 2.16. The normalized spacial score (nSPS) is 10.6. The summed E-state index contributed by atoms with van der Waals surface area (Å²) in [6.45, 7) is 2.13. The van der Waals surface area contributed by atoms with Gasteiger partial charge in [-0.1, -0.05) is 12.1 Å². The van der Waals surface area contributed by atoms with E-state index in [1.54, 1.807) is 0 Å². The van der Waals surface area contributed by atoms with Gasteiger partial charge in [0.15, 0.2) is 0 Å². The Bertz CT molecular complexity index is 86.2. The number of rotatable bonds is 10. The van der Waals surface area contributed by atoms with E-state index in [4.69, 9.17) is 10.2 Å². The van der Waals surface area contributed by atoms with Crippen molar-refractivity contribution in [2.75, 3.05) is 25.5 Å². The second kappa shape index (κ2) is 12.3. The lowest BCUT2D eigenvalue weighted by Gasteiger charge is -2.02. The van der Waals surface area contributed by atoms with Crippen molar-refractivity contribution in [3.8, 4) is 0 Å². The van der Waals surface area contributed by atoms with E-state index in [9.17, 15) is 0 Å². The molecule has 0 aromatic rings. The number of aliphatic hydroxyl groups excluding tert-OH is 2. The molecule has 0 fully saturated rings. The quantitative estimate of drug-likeness (QED) is 0.342. The highest BCUT2D eigenvalue weighted by atomic mass is 28.2. The van der Waals surface area contributed by atoms with Crippen LogP contribution in [-0.2, 0) is 0 Å². The van der Waals surface area contributed by atoms with E-state index in [2.05, 4.69) is 5.32 Å². The molecule has 0 aromatic heterocycles. The van der Waals surface area contributed by atoms with Gasteiger partial charge in [-0.2, -0.15) is 0 Å². The Hall–Kier alpha value is 0.314. The highest BCUT2D eigenvalue weighted by Crippen LogP contribution is 1.88. The first-order valence-electron chi connectivity index (χ1n) is 4.75. The second-order valence-corrected chi connectivity index (χ2v) is 5.41. The predicted octanol–water partition coefficient (Wildman–Crippen LogP) is -0.499. The Labute approximate surface area is 85.6 Å². The Morgan fingerprint density at radius 2 is 1.31 bits per heavy atom. The molecule has 0 heterocycles. The molecule has 0 spiro atoms. The Morgan fingerprint density at radius 3 is 1.69 bits per heavy atom. The van der Waals surface area contributed by atoms with Crippen LogP contribution in [0.3, 0.4) is 0 Å². The van der Waals surface area contributed by atoms with Gasteiger partial charge in [0.25, 0.3) is 0 Å². The summed E-state index contributed by atoms with van der Waals surface area (Å²) < 4.78 is 0. The zero-order valence-electron chi connectivity index (χ0n) is 8.05. The van der Waals surface area contributed by atoms with E-state index < -0.39 is 0 Å². The number of aliphatic hydroxyl groups is 2. The lowest BCUT2D eigenvalue weighted by molar-refractivity contribution is 0.365. The summed E-state index contributed by atoms with van der Waals surface area (Å²) in [6, 6.07) is 2.28. The van der Waals surface area contributed by atoms with Crippen LogP contribution in [0.5, 0.6) is 0 Å². The SMILES string of the molecule is OC[Si]CCCNCCC[Si]CO. The third-order valence-electron chi connectivity index (χ3n) is 1.64. The molecule has 3 N–H and O–H groups in total. The molecule has 0 atom stereocenters. The van der Waals surface area contributed by atoms with Crippen molar-refractivity contribution in [3.05, 3.63) is 0 Å². The molecule has 5 heteroatoms. The van der Waals surface area contributed by atoms with E-state index in [1.165, 1.54) is 12.8 Å². The third-order valence-corrected chi connectivity index (χ3v) is 3.50. The molecular weight excluding hydrogens is 198 g/mol. The molecule has 76 valence electrons. The monoisotopic (exact) mass is 217 g/mol. The molecule has 0 aliphatic carbocycles. The minimum absolute atomic E-state index is 0.345. The van der Waals surface area contributed by atoms with Gasteiger partial charge < -0.3 is 15.5 Å². The summed E-state index contributed by atoms with van der Waals surface area (Å²) >= 11 is 0. The molecule has 0 rings (SSSR count). The number of hydrogen-bond acceptors (Lipinski definition) is 3. The molecule has 0 saturated carbocycles. The fourth-order valence-electron chi connectivity index (χ4n) is 0.960. The van der Waals surface area contributed by atoms with Gasteiger partial charge in [-0.25, -0.2) is 0 Å². The van der Waals surface area contributed by atoms with Gasteiger partial charge in [0, 0.05) is 12.5 Å². The maximum absolute atomic E-state index is 8.54. The molecule has 3 nitrogen and oxygen atoms in total. The standard InChI is InChI=1S/C8H19NO2Si2/c10-7-12-5-1-3-9-4-2-6-13-8-11/h9-11H,1-8H2. The van der Waals surface area contributed by atoms with Crippen LogP contribution >= 0.6 is 0 Å². The molecular formula is C8H19NO2Si2. The molecule has 0 aliphatic heterocycles. The maximum atomic E-state index is 8.54. The first-order chi connectivity index (χ1) is 6.41. The first-order valence-corrected chi connectivity index (χ1v) is 7.58. The number of nitrogens with one attached hydrogen (secondary N) is 1. The highest BCUT2D eigenvalue weighted by Gasteiger charge is 1.91. The van der Waals surface area contributed by atoms with Gasteiger partial charge >= 0.3 is 0 Å². The predicted molar refractivity (Wildman–Crippen MR) is 57.4 cm³/mol. The smallest absolute Gasteiger partial charge is 0.0730 e. The lowest BCUT2D eigenvalue weighted by Crippen LogP contribution is -2.17. The van der Waals surface area contributed by atoms with Gasteiger partial charge in [0.1, 0.15) is 0 Å². The molecule has 0 unspecified atom stereocenters. The zero-order valence-corrected chi connectivity index (χ0v) is 10.1. The summed E-state index contributed by atoms with van der Waals surface area (Å²) in [5, 5.41) is 20.4. The van der Waals surface area contributed by atoms with E-state index >= 15 is 0 Å². The van der Waals surface area contributed by atoms with Crippen molar-refractivity contribution in [1.29, 1.82) is 0 Å². The minimum atomic E-state index is 0.345. The van der Waals surface area contributed by atoms with Crippen LogP contribution in [0.15, 0.2) is 0 Å². The average molecular weight is 217 g/mol. The van der Waals surface area contributed by atoms with E-state index in [0.717, 1.165) is 25.2 Å². The molecule has 0 aliphatic rings. The van der Waals surface area contributed by atoms with Crippen LogP contribution in [-0.4, -0.2) is 54.8 Å². The van der Waals surface area contributed by atoms with Gasteiger partial charge in [-0.05, 0) is 25.9 Å². The Morgan fingerprint density at radius 1 is 0.846 bits per heavy atom. The fraction of sp³-hybridized carbons (Fsp3) is 1.00. The van der Waals surface area contributed by atoms with Crippen molar-refractivity contribution in [2.24, 2.45) is 0 Å². The van der Waals surface area contributed by atoms with Crippen molar-refractivity contribution in [2.45, 2.75) is 24.9 Å². The van der Waals surface area contributed by atoms with Crippen LogP contribution in [0.2, 0.25) is 12.1 Å². The van der Waals surface area contributed by atoms with Crippen LogP contribution in [0, 0.1) is 0 Å². The maximum Gasteiger partial charge on any atom is 0.0730 e. The topological polar surface area (TPSA) is 52.5 Å². The van der Waals surface area contributed by atoms with Crippen molar-refractivity contribution >= 4 is 19.0 Å². The largest absolute Gasteiger partial charge is 0.400 e. The van der Waals surface area contributed by atoms with Gasteiger partial charge in [0.05, 0.1) is 19.0 Å². The second-order valence-electron chi connectivity index (χ2n) is 2.77. The van der Waals surface area contributed by atoms with Crippen LogP contribution in [0.4, 0.5) is 0 Å². The summed E-state index contributed by atoms with van der Waals surface area (Å²) in [7, 11) is 1.42. The molecule has 0 bridgehead atoms. The van der Waals surface area contributed by atoms with Crippen LogP contribution in [0.25, 0.3) is 0 Å². The molecule has 13 heavy (non-hydrogen) atoms. The molecule has 0 amide bonds. The molecule has 0 aromatic carbocycles. The zero-order chi connectivity index (χ0) is 9.78. The molecule has 0 saturated heterocycles. The van der Waals surface area contributed by atoms with Crippen molar-refractivity contribution in [1.82, 2.24) is 5.32 Å². The van der Waals surface area contributed by atoms with Gasteiger partial charge in [-0.15, -0.1) is 0 Å². The lowest BCUT2D eigenvalue weighted by atomic mass is 10.4. The Kier molecular flexibility index (Phi) is 12.6. The Balaban J connectivity index is 2.76.